The maximum atomic E-state index is 12.8. The molecule has 0 bridgehead atoms. The molecule has 0 fully saturated rings. The molecule has 26 heavy (non-hydrogen) atoms. The Kier molecular flexibility index (Phi) is 4.36. The third-order valence-corrected chi connectivity index (χ3v) is 5.53. The Morgan fingerprint density at radius 3 is 2.69 bits per heavy atom. The minimum atomic E-state index is -0.379. The maximum Gasteiger partial charge on any atom is 0.278 e. The number of hydrogen-bond donors (Lipinski definition) is 1. The number of benzene rings is 1. The standard InChI is InChI=1S/C18H14N4O2S2/c1-2-22-17(24)12-7-4-3-6-11(12)15(21-22)16(23)20-18-19-13(10-26-18)14-8-5-9-25-14/h3-10H,2H2,1H3,(H,19,20,23). The average molecular weight is 382 g/mol. The van der Waals surface area contributed by atoms with Gasteiger partial charge in [0.15, 0.2) is 10.8 Å². The van der Waals surface area contributed by atoms with Crippen molar-refractivity contribution >= 4 is 44.5 Å². The van der Waals surface area contributed by atoms with Crippen LogP contribution >= 0.6 is 22.7 Å². The van der Waals surface area contributed by atoms with Gasteiger partial charge in [0.1, 0.15) is 0 Å². The first-order valence-electron chi connectivity index (χ1n) is 7.98. The molecule has 0 spiro atoms. The highest BCUT2D eigenvalue weighted by Gasteiger charge is 2.17. The summed E-state index contributed by atoms with van der Waals surface area (Å²) in [5.41, 5.74) is 0.848. The molecule has 6 nitrogen and oxygen atoms in total. The van der Waals surface area contributed by atoms with Gasteiger partial charge in [0.05, 0.1) is 16.0 Å². The van der Waals surface area contributed by atoms with Gasteiger partial charge in [-0.3, -0.25) is 14.9 Å². The quantitative estimate of drug-likeness (QED) is 0.581. The van der Waals surface area contributed by atoms with Crippen LogP contribution in [0.2, 0.25) is 0 Å². The van der Waals surface area contributed by atoms with Crippen molar-refractivity contribution in [1.29, 1.82) is 0 Å². The van der Waals surface area contributed by atoms with Crippen molar-refractivity contribution in [3.8, 4) is 10.6 Å². The number of nitrogens with zero attached hydrogens (tertiary/aromatic N) is 3. The number of carbonyl (C=O) groups excluding carboxylic acids is 1. The summed E-state index contributed by atoms with van der Waals surface area (Å²) in [7, 11) is 0. The van der Waals surface area contributed by atoms with Crippen molar-refractivity contribution in [3.63, 3.8) is 0 Å². The van der Waals surface area contributed by atoms with Gasteiger partial charge < -0.3 is 0 Å². The highest BCUT2D eigenvalue weighted by molar-refractivity contribution is 7.16. The Hall–Kier alpha value is -2.84. The molecule has 8 heteroatoms. The molecule has 1 N–H and O–H groups in total. The third kappa shape index (κ3) is 2.93. The Morgan fingerprint density at radius 1 is 1.15 bits per heavy atom. The molecule has 0 radical (unpaired) electrons. The summed E-state index contributed by atoms with van der Waals surface area (Å²) in [5.74, 6) is -0.379. The molecule has 0 aliphatic heterocycles. The topological polar surface area (TPSA) is 76.9 Å². The number of amides is 1. The number of carbonyl (C=O) groups is 1. The fourth-order valence-electron chi connectivity index (χ4n) is 2.64. The molecule has 0 aliphatic rings. The van der Waals surface area contributed by atoms with Crippen LogP contribution in [0, 0.1) is 0 Å². The van der Waals surface area contributed by atoms with E-state index in [4.69, 9.17) is 0 Å². The summed E-state index contributed by atoms with van der Waals surface area (Å²) in [5, 5.41) is 12.4. The predicted octanol–water partition coefficient (Wildman–Crippen LogP) is 3.85. The van der Waals surface area contributed by atoms with E-state index >= 15 is 0 Å². The van der Waals surface area contributed by atoms with Crippen LogP contribution in [0.5, 0.6) is 0 Å². The number of thiophene rings is 1. The molecule has 0 aliphatic carbocycles. The monoisotopic (exact) mass is 382 g/mol. The first-order chi connectivity index (χ1) is 12.7. The summed E-state index contributed by atoms with van der Waals surface area (Å²) >= 11 is 2.95. The first-order valence-corrected chi connectivity index (χ1v) is 9.74. The number of aromatic nitrogens is 3. The van der Waals surface area contributed by atoms with E-state index in [9.17, 15) is 9.59 Å². The molecule has 0 saturated carbocycles. The molecule has 130 valence electrons. The van der Waals surface area contributed by atoms with E-state index in [1.54, 1.807) is 35.6 Å². The zero-order valence-electron chi connectivity index (χ0n) is 13.8. The normalized spacial score (nSPS) is 11.0. The number of aryl methyl sites for hydroxylation is 1. The lowest BCUT2D eigenvalue weighted by Gasteiger charge is -2.09. The minimum Gasteiger partial charge on any atom is -0.296 e. The smallest absolute Gasteiger partial charge is 0.278 e. The second-order valence-electron chi connectivity index (χ2n) is 5.48. The Balaban J connectivity index is 1.71. The molecular weight excluding hydrogens is 368 g/mol. The van der Waals surface area contributed by atoms with Crippen LogP contribution in [-0.2, 0) is 6.54 Å². The molecule has 4 rings (SSSR count). The van der Waals surface area contributed by atoms with Crippen LogP contribution in [-0.4, -0.2) is 20.7 Å². The number of rotatable bonds is 4. The van der Waals surface area contributed by atoms with Crippen molar-refractivity contribution in [3.05, 3.63) is 63.2 Å². The molecule has 0 atom stereocenters. The highest BCUT2D eigenvalue weighted by atomic mass is 32.1. The summed E-state index contributed by atoms with van der Waals surface area (Å²) in [6.45, 7) is 2.21. The Bertz CT molecular complexity index is 1150. The fraction of sp³-hybridized carbons (Fsp3) is 0.111. The van der Waals surface area contributed by atoms with Crippen molar-refractivity contribution < 1.29 is 4.79 Å². The van der Waals surface area contributed by atoms with Gasteiger partial charge in [-0.25, -0.2) is 9.67 Å². The van der Waals surface area contributed by atoms with Gasteiger partial charge in [-0.05, 0) is 24.4 Å². The van der Waals surface area contributed by atoms with Crippen molar-refractivity contribution in [2.24, 2.45) is 0 Å². The SMILES string of the molecule is CCn1nc(C(=O)Nc2nc(-c3cccs3)cs2)c2ccccc2c1=O. The summed E-state index contributed by atoms with van der Waals surface area (Å²) < 4.78 is 1.30. The lowest BCUT2D eigenvalue weighted by atomic mass is 10.1. The molecule has 1 aromatic carbocycles. The van der Waals surface area contributed by atoms with Crippen molar-refractivity contribution in [2.75, 3.05) is 5.32 Å². The fourth-order valence-corrected chi connectivity index (χ4v) is 4.11. The van der Waals surface area contributed by atoms with Crippen LogP contribution in [0.1, 0.15) is 17.4 Å². The van der Waals surface area contributed by atoms with Crippen molar-refractivity contribution in [1.82, 2.24) is 14.8 Å². The number of fused-ring (bicyclic) bond motifs is 1. The molecule has 3 heterocycles. The van der Waals surface area contributed by atoms with E-state index < -0.39 is 0 Å². The van der Waals surface area contributed by atoms with E-state index in [0.29, 0.717) is 22.4 Å². The molecule has 0 unspecified atom stereocenters. The highest BCUT2D eigenvalue weighted by Crippen LogP contribution is 2.28. The lowest BCUT2D eigenvalue weighted by molar-refractivity contribution is 0.102. The number of hydrogen-bond acceptors (Lipinski definition) is 6. The van der Waals surface area contributed by atoms with Gasteiger partial charge in [-0.1, -0.05) is 24.3 Å². The Labute approximate surface area is 156 Å². The minimum absolute atomic E-state index is 0.200. The van der Waals surface area contributed by atoms with Gasteiger partial charge in [0.2, 0.25) is 0 Å². The summed E-state index contributed by atoms with van der Waals surface area (Å²) in [6.07, 6.45) is 0. The van der Waals surface area contributed by atoms with E-state index in [2.05, 4.69) is 15.4 Å². The van der Waals surface area contributed by atoms with Crippen LogP contribution in [0.15, 0.2) is 52.0 Å². The molecule has 0 saturated heterocycles. The molecule has 1 amide bonds. The number of thiazole rings is 1. The molecule has 4 aromatic rings. The van der Waals surface area contributed by atoms with Crippen molar-refractivity contribution in [2.45, 2.75) is 13.5 Å². The second-order valence-corrected chi connectivity index (χ2v) is 7.29. The van der Waals surface area contributed by atoms with Gasteiger partial charge in [0.25, 0.3) is 11.5 Å². The van der Waals surface area contributed by atoms with Gasteiger partial charge in [0, 0.05) is 17.3 Å². The number of nitrogens with one attached hydrogen (secondary N) is 1. The first kappa shape index (κ1) is 16.6. The zero-order chi connectivity index (χ0) is 18.1. The largest absolute Gasteiger partial charge is 0.296 e. The summed E-state index contributed by atoms with van der Waals surface area (Å²) in [6, 6.07) is 11.0. The molecular formula is C18H14N4O2S2. The lowest BCUT2D eigenvalue weighted by Crippen LogP contribution is -2.27. The van der Waals surface area contributed by atoms with E-state index in [1.807, 2.05) is 29.8 Å². The van der Waals surface area contributed by atoms with Crippen LogP contribution in [0.3, 0.4) is 0 Å². The maximum absolute atomic E-state index is 12.8. The van der Waals surface area contributed by atoms with E-state index in [0.717, 1.165) is 10.6 Å². The van der Waals surface area contributed by atoms with Crippen LogP contribution in [0.25, 0.3) is 21.3 Å². The Morgan fingerprint density at radius 2 is 1.96 bits per heavy atom. The predicted molar refractivity (Wildman–Crippen MR) is 105 cm³/mol. The van der Waals surface area contributed by atoms with E-state index in [-0.39, 0.29) is 17.2 Å². The average Bonchev–Trinajstić information content (AvgIpc) is 3.34. The number of anilines is 1. The van der Waals surface area contributed by atoms with Crippen LogP contribution in [0.4, 0.5) is 5.13 Å². The van der Waals surface area contributed by atoms with Crippen LogP contribution < -0.4 is 10.9 Å². The second kappa shape index (κ2) is 6.81. The van der Waals surface area contributed by atoms with E-state index in [1.165, 1.54) is 16.0 Å². The van der Waals surface area contributed by atoms with Gasteiger partial charge in [-0.2, -0.15) is 5.10 Å². The third-order valence-electron chi connectivity index (χ3n) is 3.88. The van der Waals surface area contributed by atoms with Gasteiger partial charge >= 0.3 is 0 Å². The summed E-state index contributed by atoms with van der Waals surface area (Å²) in [4.78, 5) is 30.7. The zero-order valence-corrected chi connectivity index (χ0v) is 15.4. The van der Waals surface area contributed by atoms with Gasteiger partial charge in [-0.15, -0.1) is 22.7 Å². The molecule has 3 aromatic heterocycles.